The molecule has 5 heteroatoms. The Morgan fingerprint density at radius 1 is 1.10 bits per heavy atom. The van der Waals surface area contributed by atoms with Crippen molar-refractivity contribution < 1.29 is 8.78 Å². The van der Waals surface area contributed by atoms with Crippen molar-refractivity contribution in [2.45, 2.75) is 12.3 Å². The summed E-state index contributed by atoms with van der Waals surface area (Å²) in [6.07, 6.45) is 0. The van der Waals surface area contributed by atoms with Gasteiger partial charge in [-0.3, -0.25) is 4.57 Å². The molecule has 0 aliphatic carbocycles. The summed E-state index contributed by atoms with van der Waals surface area (Å²) in [7, 11) is 0. The van der Waals surface area contributed by atoms with Gasteiger partial charge in [-0.25, -0.2) is 13.8 Å². The molecule has 2 aromatic carbocycles. The molecule has 1 aromatic heterocycles. The number of para-hydroxylation sites is 2. The zero-order valence-corrected chi connectivity index (χ0v) is 11.4. The Morgan fingerprint density at radius 2 is 1.85 bits per heavy atom. The highest BCUT2D eigenvalue weighted by Crippen LogP contribution is 2.28. The maximum absolute atomic E-state index is 13.5. The molecule has 0 fully saturated rings. The fraction of sp³-hybridized carbons (Fsp3) is 0.133. The molecule has 3 aromatic rings. The van der Waals surface area contributed by atoms with Crippen molar-refractivity contribution in [1.29, 1.82) is 0 Å². The Kier molecular flexibility index (Phi) is 3.18. The van der Waals surface area contributed by atoms with E-state index in [9.17, 15) is 8.78 Å². The highest BCUT2D eigenvalue weighted by molar-refractivity contribution is 6.20. The van der Waals surface area contributed by atoms with Crippen molar-refractivity contribution >= 4 is 22.6 Å². The average molecular weight is 293 g/mol. The van der Waals surface area contributed by atoms with Gasteiger partial charge in [0.2, 0.25) is 0 Å². The summed E-state index contributed by atoms with van der Waals surface area (Å²) in [5.74, 6) is -1.18. The minimum absolute atomic E-state index is 0.351. The van der Waals surface area contributed by atoms with Crippen LogP contribution in [0.5, 0.6) is 0 Å². The summed E-state index contributed by atoms with van der Waals surface area (Å²) < 4.78 is 28.3. The first-order valence-corrected chi connectivity index (χ1v) is 6.58. The van der Waals surface area contributed by atoms with Gasteiger partial charge < -0.3 is 0 Å². The molecule has 1 unspecified atom stereocenters. The van der Waals surface area contributed by atoms with Crippen molar-refractivity contribution in [3.8, 4) is 5.69 Å². The molecule has 1 atom stereocenters. The topological polar surface area (TPSA) is 17.8 Å². The third kappa shape index (κ3) is 2.06. The number of hydrogen-bond acceptors (Lipinski definition) is 1. The van der Waals surface area contributed by atoms with Gasteiger partial charge in [0.15, 0.2) is 11.6 Å². The van der Waals surface area contributed by atoms with Gasteiger partial charge in [-0.05, 0) is 31.2 Å². The maximum atomic E-state index is 13.5. The Hall–Kier alpha value is -1.94. The zero-order valence-electron chi connectivity index (χ0n) is 10.6. The molecule has 0 saturated carbocycles. The van der Waals surface area contributed by atoms with E-state index in [0.717, 1.165) is 23.2 Å². The largest absolute Gasteiger partial charge is 0.295 e. The molecule has 0 aliphatic rings. The third-order valence-electron chi connectivity index (χ3n) is 3.10. The molecular formula is C15H11ClF2N2. The van der Waals surface area contributed by atoms with Crippen molar-refractivity contribution in [1.82, 2.24) is 9.55 Å². The van der Waals surface area contributed by atoms with Crippen LogP contribution in [0.15, 0.2) is 42.5 Å². The summed E-state index contributed by atoms with van der Waals surface area (Å²) in [5, 5.41) is -0.351. The molecule has 3 rings (SSSR count). The van der Waals surface area contributed by atoms with E-state index in [2.05, 4.69) is 4.98 Å². The first-order chi connectivity index (χ1) is 9.58. The fourth-order valence-electron chi connectivity index (χ4n) is 2.21. The monoisotopic (exact) mass is 292 g/mol. The van der Waals surface area contributed by atoms with Crippen LogP contribution < -0.4 is 0 Å². The number of imidazole rings is 1. The number of alkyl halides is 1. The minimum Gasteiger partial charge on any atom is -0.295 e. The third-order valence-corrected chi connectivity index (χ3v) is 3.30. The van der Waals surface area contributed by atoms with E-state index < -0.39 is 11.6 Å². The molecule has 0 N–H and O–H groups in total. The van der Waals surface area contributed by atoms with Crippen molar-refractivity contribution in [2.24, 2.45) is 0 Å². The molecular weight excluding hydrogens is 282 g/mol. The van der Waals surface area contributed by atoms with E-state index in [-0.39, 0.29) is 5.38 Å². The normalized spacial score (nSPS) is 12.8. The maximum Gasteiger partial charge on any atom is 0.160 e. The average Bonchev–Trinajstić information content (AvgIpc) is 2.81. The zero-order chi connectivity index (χ0) is 14.3. The lowest BCUT2D eigenvalue weighted by Crippen LogP contribution is -2.02. The number of nitrogens with zero attached hydrogens (tertiary/aromatic N) is 2. The number of aromatic nitrogens is 2. The molecule has 0 radical (unpaired) electrons. The van der Waals surface area contributed by atoms with Gasteiger partial charge in [0.05, 0.1) is 22.1 Å². The lowest BCUT2D eigenvalue weighted by atomic mass is 10.2. The van der Waals surface area contributed by atoms with E-state index >= 15 is 0 Å². The standard InChI is InChI=1S/C15H11ClF2N2/c1-9(16)15-19-13-4-2-3-5-14(13)20(15)10-6-7-11(17)12(18)8-10/h2-9H,1H3. The Morgan fingerprint density at radius 3 is 2.55 bits per heavy atom. The van der Waals surface area contributed by atoms with E-state index in [0.29, 0.717) is 11.5 Å². The number of halogens is 3. The Bertz CT molecular complexity index is 781. The number of benzene rings is 2. The Labute approximate surface area is 119 Å². The smallest absolute Gasteiger partial charge is 0.160 e. The van der Waals surface area contributed by atoms with Crippen LogP contribution >= 0.6 is 11.6 Å². The van der Waals surface area contributed by atoms with Crippen LogP contribution in [0.25, 0.3) is 16.7 Å². The van der Waals surface area contributed by atoms with Gasteiger partial charge in [-0.2, -0.15) is 0 Å². The van der Waals surface area contributed by atoms with Gasteiger partial charge >= 0.3 is 0 Å². The van der Waals surface area contributed by atoms with Crippen LogP contribution in [-0.4, -0.2) is 9.55 Å². The lowest BCUT2D eigenvalue weighted by Gasteiger charge is -2.10. The van der Waals surface area contributed by atoms with Gasteiger partial charge in [-0.15, -0.1) is 11.6 Å². The van der Waals surface area contributed by atoms with Crippen molar-refractivity contribution in [2.75, 3.05) is 0 Å². The first kappa shape index (κ1) is 13.1. The van der Waals surface area contributed by atoms with E-state index in [4.69, 9.17) is 11.6 Å². The fourth-order valence-corrected chi connectivity index (χ4v) is 2.35. The van der Waals surface area contributed by atoms with E-state index in [1.807, 2.05) is 24.3 Å². The number of rotatable bonds is 2. The number of hydrogen-bond donors (Lipinski definition) is 0. The quantitative estimate of drug-likeness (QED) is 0.631. The van der Waals surface area contributed by atoms with Crippen LogP contribution in [0.2, 0.25) is 0 Å². The second-order valence-electron chi connectivity index (χ2n) is 4.51. The van der Waals surface area contributed by atoms with Gasteiger partial charge in [0.1, 0.15) is 5.82 Å². The molecule has 1 heterocycles. The van der Waals surface area contributed by atoms with Gasteiger partial charge in [0, 0.05) is 6.07 Å². The summed E-state index contributed by atoms with van der Waals surface area (Å²) in [6, 6.07) is 11.2. The van der Waals surface area contributed by atoms with Crippen molar-refractivity contribution in [3.63, 3.8) is 0 Å². The lowest BCUT2D eigenvalue weighted by molar-refractivity contribution is 0.508. The minimum atomic E-state index is -0.895. The molecule has 102 valence electrons. The van der Waals surface area contributed by atoms with Crippen LogP contribution in [0.1, 0.15) is 18.1 Å². The van der Waals surface area contributed by atoms with Gasteiger partial charge in [-0.1, -0.05) is 12.1 Å². The first-order valence-electron chi connectivity index (χ1n) is 6.15. The summed E-state index contributed by atoms with van der Waals surface area (Å²) in [4.78, 5) is 4.46. The molecule has 20 heavy (non-hydrogen) atoms. The summed E-state index contributed by atoms with van der Waals surface area (Å²) in [6.45, 7) is 1.79. The highest BCUT2D eigenvalue weighted by atomic mass is 35.5. The highest BCUT2D eigenvalue weighted by Gasteiger charge is 2.17. The SMILES string of the molecule is CC(Cl)c1nc2ccccc2n1-c1ccc(F)c(F)c1. The predicted molar refractivity (Wildman–Crippen MR) is 75.3 cm³/mol. The number of fused-ring (bicyclic) bond motifs is 1. The second-order valence-corrected chi connectivity index (χ2v) is 5.16. The Balaban J connectivity index is 2.33. The summed E-state index contributed by atoms with van der Waals surface area (Å²) in [5.41, 5.74) is 2.07. The molecule has 0 spiro atoms. The van der Waals surface area contributed by atoms with Crippen molar-refractivity contribution in [3.05, 3.63) is 59.9 Å². The predicted octanol–water partition coefficient (Wildman–Crippen LogP) is 4.60. The van der Waals surface area contributed by atoms with Crippen LogP contribution in [-0.2, 0) is 0 Å². The molecule has 0 aliphatic heterocycles. The van der Waals surface area contributed by atoms with E-state index in [1.54, 1.807) is 11.5 Å². The van der Waals surface area contributed by atoms with E-state index in [1.165, 1.54) is 6.07 Å². The molecule has 0 amide bonds. The summed E-state index contributed by atoms with van der Waals surface area (Å²) >= 11 is 6.15. The van der Waals surface area contributed by atoms with Gasteiger partial charge in [0.25, 0.3) is 0 Å². The molecule has 0 saturated heterocycles. The second kappa shape index (κ2) is 4.87. The molecule has 0 bridgehead atoms. The molecule has 2 nitrogen and oxygen atoms in total. The van der Waals surface area contributed by atoms with Crippen LogP contribution in [0, 0.1) is 11.6 Å². The van der Waals surface area contributed by atoms with Crippen LogP contribution in [0.4, 0.5) is 8.78 Å². The van der Waals surface area contributed by atoms with Crippen LogP contribution in [0.3, 0.4) is 0 Å².